The Kier molecular flexibility index (Phi) is 4.24. The molecule has 0 bridgehead atoms. The lowest BCUT2D eigenvalue weighted by Crippen LogP contribution is -2.27. The maximum atomic E-state index is 13.5. The molecule has 0 saturated carbocycles. The number of ether oxygens (including phenoxy) is 1. The predicted molar refractivity (Wildman–Crippen MR) is 55.3 cm³/mol. The topological polar surface area (TPSA) is 38.3 Å². The third kappa shape index (κ3) is 3.02. The first kappa shape index (κ1) is 11.7. The summed E-state index contributed by atoms with van der Waals surface area (Å²) in [5, 5.41) is 2.56. The van der Waals surface area contributed by atoms with Crippen LogP contribution in [-0.4, -0.2) is 26.2 Å². The normalized spacial score (nSPS) is 10.1. The summed E-state index contributed by atoms with van der Waals surface area (Å²) >= 11 is 0. The zero-order valence-corrected chi connectivity index (χ0v) is 8.84. The van der Waals surface area contributed by atoms with Gasteiger partial charge in [0.1, 0.15) is 5.82 Å². The highest BCUT2D eigenvalue weighted by Gasteiger charge is 2.11. The number of aryl methyl sites for hydroxylation is 1. The molecule has 0 atom stereocenters. The molecule has 0 aromatic heterocycles. The molecule has 1 aromatic rings. The quantitative estimate of drug-likeness (QED) is 0.767. The molecule has 0 aliphatic rings. The third-order valence-electron chi connectivity index (χ3n) is 2.03. The summed E-state index contributed by atoms with van der Waals surface area (Å²) < 4.78 is 18.2. The summed E-state index contributed by atoms with van der Waals surface area (Å²) in [4.78, 5) is 11.5. The number of halogens is 1. The fraction of sp³-hybridized carbons (Fsp3) is 0.364. The second-order valence-electron chi connectivity index (χ2n) is 3.19. The maximum Gasteiger partial charge on any atom is 0.254 e. The van der Waals surface area contributed by atoms with Crippen molar-refractivity contribution in [1.29, 1.82) is 0 Å². The lowest BCUT2D eigenvalue weighted by atomic mass is 10.1. The first-order chi connectivity index (χ1) is 7.16. The number of nitrogens with one attached hydrogen (secondary N) is 1. The van der Waals surface area contributed by atoms with E-state index in [1.54, 1.807) is 26.2 Å². The van der Waals surface area contributed by atoms with Crippen LogP contribution in [0.15, 0.2) is 18.2 Å². The van der Waals surface area contributed by atoms with E-state index in [2.05, 4.69) is 5.32 Å². The molecule has 0 aliphatic carbocycles. The van der Waals surface area contributed by atoms with Crippen LogP contribution in [0.2, 0.25) is 0 Å². The van der Waals surface area contributed by atoms with Gasteiger partial charge in [0, 0.05) is 13.7 Å². The largest absolute Gasteiger partial charge is 0.383 e. The summed E-state index contributed by atoms with van der Waals surface area (Å²) in [6, 6.07) is 4.75. The van der Waals surface area contributed by atoms with Crippen molar-refractivity contribution in [2.24, 2.45) is 0 Å². The van der Waals surface area contributed by atoms with Gasteiger partial charge in [-0.1, -0.05) is 12.1 Å². The van der Waals surface area contributed by atoms with Crippen molar-refractivity contribution in [1.82, 2.24) is 5.32 Å². The summed E-state index contributed by atoms with van der Waals surface area (Å²) in [6.45, 7) is 2.42. The molecular weight excluding hydrogens is 197 g/mol. The zero-order valence-electron chi connectivity index (χ0n) is 8.84. The molecule has 0 saturated heterocycles. The molecule has 15 heavy (non-hydrogen) atoms. The van der Waals surface area contributed by atoms with Crippen molar-refractivity contribution in [2.45, 2.75) is 6.92 Å². The third-order valence-corrected chi connectivity index (χ3v) is 2.03. The minimum atomic E-state index is -0.465. The summed E-state index contributed by atoms with van der Waals surface area (Å²) in [5.74, 6) is -0.874. The van der Waals surface area contributed by atoms with E-state index in [0.29, 0.717) is 18.7 Å². The Balaban J connectivity index is 2.69. The molecule has 1 amide bonds. The predicted octanol–water partition coefficient (Wildman–Crippen LogP) is 1.51. The Morgan fingerprint density at radius 2 is 2.27 bits per heavy atom. The Morgan fingerprint density at radius 1 is 1.53 bits per heavy atom. The Morgan fingerprint density at radius 3 is 2.93 bits per heavy atom. The Labute approximate surface area is 88.2 Å². The molecule has 0 fully saturated rings. The van der Waals surface area contributed by atoms with E-state index >= 15 is 0 Å². The summed E-state index contributed by atoms with van der Waals surface area (Å²) in [6.07, 6.45) is 0. The smallest absolute Gasteiger partial charge is 0.254 e. The van der Waals surface area contributed by atoms with Gasteiger partial charge in [-0.05, 0) is 18.6 Å². The van der Waals surface area contributed by atoms with Crippen molar-refractivity contribution in [3.05, 3.63) is 35.1 Å². The average Bonchev–Trinajstić information content (AvgIpc) is 2.22. The zero-order chi connectivity index (χ0) is 11.3. The van der Waals surface area contributed by atoms with Gasteiger partial charge in [-0.25, -0.2) is 4.39 Å². The second-order valence-corrected chi connectivity index (χ2v) is 3.19. The molecule has 1 N–H and O–H groups in total. The number of benzene rings is 1. The molecule has 82 valence electrons. The van der Waals surface area contributed by atoms with Gasteiger partial charge in [0.05, 0.1) is 12.2 Å². The van der Waals surface area contributed by atoms with Crippen LogP contribution in [0.3, 0.4) is 0 Å². The van der Waals surface area contributed by atoms with Gasteiger partial charge >= 0.3 is 0 Å². The minimum Gasteiger partial charge on any atom is -0.383 e. The van der Waals surface area contributed by atoms with Gasteiger partial charge in [0.2, 0.25) is 0 Å². The van der Waals surface area contributed by atoms with Crippen LogP contribution in [0.5, 0.6) is 0 Å². The molecule has 0 spiro atoms. The minimum absolute atomic E-state index is 0.0751. The molecule has 1 aromatic carbocycles. The van der Waals surface area contributed by atoms with Crippen molar-refractivity contribution in [3.63, 3.8) is 0 Å². The van der Waals surface area contributed by atoms with Crippen molar-refractivity contribution < 1.29 is 13.9 Å². The monoisotopic (exact) mass is 211 g/mol. The maximum absolute atomic E-state index is 13.5. The van der Waals surface area contributed by atoms with Gasteiger partial charge in [0.25, 0.3) is 5.91 Å². The Bertz CT molecular complexity index is 352. The van der Waals surface area contributed by atoms with E-state index in [-0.39, 0.29) is 5.56 Å². The fourth-order valence-electron chi connectivity index (χ4n) is 1.18. The van der Waals surface area contributed by atoms with E-state index in [1.165, 1.54) is 6.07 Å². The van der Waals surface area contributed by atoms with Crippen LogP contribution >= 0.6 is 0 Å². The van der Waals surface area contributed by atoms with Crippen LogP contribution in [-0.2, 0) is 4.74 Å². The van der Waals surface area contributed by atoms with Crippen LogP contribution in [0.4, 0.5) is 4.39 Å². The highest BCUT2D eigenvalue weighted by molar-refractivity contribution is 5.94. The molecular formula is C11H14FNO2. The van der Waals surface area contributed by atoms with Gasteiger partial charge in [-0.3, -0.25) is 4.79 Å². The van der Waals surface area contributed by atoms with Crippen LogP contribution in [0.25, 0.3) is 0 Å². The fourth-order valence-corrected chi connectivity index (χ4v) is 1.18. The molecule has 0 radical (unpaired) electrons. The second kappa shape index (κ2) is 5.46. The number of hydrogen-bond donors (Lipinski definition) is 1. The molecule has 0 aliphatic heterocycles. The standard InChI is InChI=1S/C11H14FNO2/c1-8-4-3-5-9(10(8)12)11(14)13-6-7-15-2/h3-5H,6-7H2,1-2H3,(H,13,14). The highest BCUT2D eigenvalue weighted by Crippen LogP contribution is 2.11. The Hall–Kier alpha value is -1.42. The van der Waals surface area contributed by atoms with Crippen molar-refractivity contribution in [3.8, 4) is 0 Å². The number of methoxy groups -OCH3 is 1. The molecule has 4 heteroatoms. The highest BCUT2D eigenvalue weighted by atomic mass is 19.1. The van der Waals surface area contributed by atoms with E-state index < -0.39 is 11.7 Å². The first-order valence-corrected chi connectivity index (χ1v) is 4.69. The number of rotatable bonds is 4. The molecule has 3 nitrogen and oxygen atoms in total. The summed E-state index contributed by atoms with van der Waals surface area (Å²) in [7, 11) is 1.54. The lowest BCUT2D eigenvalue weighted by molar-refractivity contribution is 0.0933. The van der Waals surface area contributed by atoms with Crippen LogP contribution in [0, 0.1) is 12.7 Å². The first-order valence-electron chi connectivity index (χ1n) is 4.69. The number of hydrogen-bond acceptors (Lipinski definition) is 2. The molecule has 0 unspecified atom stereocenters. The number of carbonyl (C=O) groups excluding carboxylic acids is 1. The lowest BCUT2D eigenvalue weighted by Gasteiger charge is -2.06. The van der Waals surface area contributed by atoms with Gasteiger partial charge in [-0.2, -0.15) is 0 Å². The van der Waals surface area contributed by atoms with E-state index in [0.717, 1.165) is 0 Å². The molecule has 0 heterocycles. The van der Waals surface area contributed by atoms with Crippen LogP contribution in [0.1, 0.15) is 15.9 Å². The molecule has 1 rings (SSSR count). The van der Waals surface area contributed by atoms with E-state index in [1.807, 2.05) is 0 Å². The van der Waals surface area contributed by atoms with Gasteiger partial charge in [0.15, 0.2) is 0 Å². The van der Waals surface area contributed by atoms with E-state index in [4.69, 9.17) is 4.74 Å². The van der Waals surface area contributed by atoms with Gasteiger partial charge < -0.3 is 10.1 Å². The van der Waals surface area contributed by atoms with Crippen molar-refractivity contribution >= 4 is 5.91 Å². The van der Waals surface area contributed by atoms with Crippen LogP contribution < -0.4 is 5.32 Å². The average molecular weight is 211 g/mol. The van der Waals surface area contributed by atoms with E-state index in [9.17, 15) is 9.18 Å². The SMILES string of the molecule is COCCNC(=O)c1cccc(C)c1F. The number of amides is 1. The van der Waals surface area contributed by atoms with Crippen molar-refractivity contribution in [2.75, 3.05) is 20.3 Å². The number of carbonyl (C=O) groups is 1. The summed E-state index contributed by atoms with van der Waals surface area (Å²) in [5.41, 5.74) is 0.542. The van der Waals surface area contributed by atoms with Gasteiger partial charge in [-0.15, -0.1) is 0 Å².